The zero-order valence-electron chi connectivity index (χ0n) is 9.93. The second-order valence-corrected chi connectivity index (χ2v) is 4.64. The molecule has 1 N–H and O–H groups in total. The third-order valence-corrected chi connectivity index (χ3v) is 2.59. The molecule has 1 fully saturated rings. The van der Waals surface area contributed by atoms with Gasteiger partial charge in [-0.15, -0.1) is 0 Å². The highest BCUT2D eigenvalue weighted by Gasteiger charge is 2.34. The molecule has 0 bridgehead atoms. The van der Waals surface area contributed by atoms with Crippen LogP contribution in [0.4, 0.5) is 13.2 Å². The minimum Gasteiger partial charge on any atom is -0.362 e. The summed E-state index contributed by atoms with van der Waals surface area (Å²) in [5.41, 5.74) is -0.392. The summed E-state index contributed by atoms with van der Waals surface area (Å²) in [5.74, 6) is -0.402. The number of halogens is 3. The van der Waals surface area contributed by atoms with Gasteiger partial charge in [-0.1, -0.05) is 0 Å². The fourth-order valence-electron chi connectivity index (χ4n) is 1.78. The molecule has 100 valence electrons. The van der Waals surface area contributed by atoms with E-state index < -0.39 is 30.8 Å². The number of hydrogen-bond acceptors (Lipinski definition) is 3. The molecule has 0 saturated carbocycles. The summed E-state index contributed by atoms with van der Waals surface area (Å²) < 4.78 is 39.9. The molecule has 0 radical (unpaired) electrons. The first-order valence-electron chi connectivity index (χ1n) is 5.38. The van der Waals surface area contributed by atoms with Gasteiger partial charge in [0.25, 0.3) is 0 Å². The highest BCUT2D eigenvalue weighted by molar-refractivity contribution is 5.78. The smallest absolute Gasteiger partial charge is 0.362 e. The van der Waals surface area contributed by atoms with E-state index in [0.29, 0.717) is 19.6 Å². The molecular formula is C10H17F3N2O2. The maximum Gasteiger partial charge on any atom is 0.411 e. The van der Waals surface area contributed by atoms with E-state index in [1.807, 2.05) is 13.8 Å². The fourth-order valence-corrected chi connectivity index (χ4v) is 1.78. The highest BCUT2D eigenvalue weighted by atomic mass is 19.4. The van der Waals surface area contributed by atoms with Crippen molar-refractivity contribution in [1.82, 2.24) is 10.2 Å². The second-order valence-electron chi connectivity index (χ2n) is 4.64. The Bertz CT molecular complexity index is 279. The van der Waals surface area contributed by atoms with Crippen molar-refractivity contribution in [2.45, 2.75) is 25.6 Å². The van der Waals surface area contributed by atoms with Crippen molar-refractivity contribution in [2.24, 2.45) is 0 Å². The van der Waals surface area contributed by atoms with Gasteiger partial charge in [-0.25, -0.2) is 0 Å². The SMILES string of the molecule is CC1(C)CNCCN1C(=O)COCC(F)(F)F. The van der Waals surface area contributed by atoms with Crippen LogP contribution in [0, 0.1) is 0 Å². The van der Waals surface area contributed by atoms with E-state index in [0.717, 1.165) is 0 Å². The number of carbonyl (C=O) groups excluding carboxylic acids is 1. The van der Waals surface area contributed by atoms with E-state index in [-0.39, 0.29) is 0 Å². The lowest BCUT2D eigenvalue weighted by Gasteiger charge is -2.42. The first-order chi connectivity index (χ1) is 7.72. The van der Waals surface area contributed by atoms with Crippen LogP contribution in [-0.4, -0.2) is 55.4 Å². The standard InChI is InChI=1S/C10H17F3N2O2/c1-9(2)6-14-3-4-15(9)8(16)5-17-7-10(11,12)13/h14H,3-7H2,1-2H3. The molecule has 1 aliphatic rings. The molecule has 0 unspecified atom stereocenters. The second kappa shape index (κ2) is 5.22. The third kappa shape index (κ3) is 4.51. The van der Waals surface area contributed by atoms with Crippen molar-refractivity contribution in [1.29, 1.82) is 0 Å². The van der Waals surface area contributed by atoms with Crippen LogP contribution in [-0.2, 0) is 9.53 Å². The average molecular weight is 254 g/mol. The molecule has 1 saturated heterocycles. The third-order valence-electron chi connectivity index (χ3n) is 2.59. The number of alkyl halides is 3. The average Bonchev–Trinajstić information content (AvgIpc) is 2.14. The van der Waals surface area contributed by atoms with Crippen molar-refractivity contribution in [2.75, 3.05) is 32.8 Å². The van der Waals surface area contributed by atoms with Gasteiger partial charge in [0.05, 0.1) is 0 Å². The molecule has 0 aliphatic carbocycles. The summed E-state index contributed by atoms with van der Waals surface area (Å²) in [5, 5.41) is 3.13. The number of rotatable bonds is 3. The number of amides is 1. The molecule has 0 spiro atoms. The van der Waals surface area contributed by atoms with Crippen LogP contribution < -0.4 is 5.32 Å². The highest BCUT2D eigenvalue weighted by Crippen LogP contribution is 2.17. The quantitative estimate of drug-likeness (QED) is 0.809. The first kappa shape index (κ1) is 14.2. The van der Waals surface area contributed by atoms with E-state index >= 15 is 0 Å². The van der Waals surface area contributed by atoms with Crippen molar-refractivity contribution in [3.05, 3.63) is 0 Å². The topological polar surface area (TPSA) is 41.6 Å². The maximum absolute atomic E-state index is 11.8. The van der Waals surface area contributed by atoms with Gasteiger partial charge in [-0.3, -0.25) is 4.79 Å². The predicted octanol–water partition coefficient (Wildman–Crippen LogP) is 0.776. The Balaban J connectivity index is 2.41. The predicted molar refractivity (Wildman–Crippen MR) is 55.5 cm³/mol. The Morgan fingerprint density at radius 3 is 2.65 bits per heavy atom. The monoisotopic (exact) mass is 254 g/mol. The Kier molecular flexibility index (Phi) is 4.37. The number of hydrogen-bond donors (Lipinski definition) is 1. The molecule has 7 heteroatoms. The Morgan fingerprint density at radius 2 is 2.12 bits per heavy atom. The van der Waals surface area contributed by atoms with Crippen molar-refractivity contribution in [3.8, 4) is 0 Å². The van der Waals surface area contributed by atoms with E-state index in [2.05, 4.69) is 10.1 Å². The number of piperazine rings is 1. The van der Waals surface area contributed by atoms with E-state index in [1.54, 1.807) is 4.90 Å². The van der Waals surface area contributed by atoms with Gasteiger partial charge in [0.15, 0.2) is 0 Å². The van der Waals surface area contributed by atoms with Gasteiger partial charge >= 0.3 is 6.18 Å². The van der Waals surface area contributed by atoms with Gasteiger partial charge in [0, 0.05) is 25.2 Å². The lowest BCUT2D eigenvalue weighted by atomic mass is 10.0. The molecule has 17 heavy (non-hydrogen) atoms. The molecule has 0 atom stereocenters. The minimum atomic E-state index is -4.39. The molecule has 4 nitrogen and oxygen atoms in total. The number of carbonyl (C=O) groups is 1. The fraction of sp³-hybridized carbons (Fsp3) is 0.900. The zero-order chi connectivity index (χ0) is 13.1. The van der Waals surface area contributed by atoms with Crippen LogP contribution >= 0.6 is 0 Å². The molecule has 1 heterocycles. The number of nitrogens with zero attached hydrogens (tertiary/aromatic N) is 1. The summed E-state index contributed by atoms with van der Waals surface area (Å²) in [6.45, 7) is 3.57. The minimum absolute atomic E-state index is 0.392. The van der Waals surface area contributed by atoms with Gasteiger partial charge in [-0.2, -0.15) is 13.2 Å². The van der Waals surface area contributed by atoms with Gasteiger partial charge in [0.1, 0.15) is 13.2 Å². The Hall–Kier alpha value is -0.820. The maximum atomic E-state index is 11.8. The molecule has 0 aromatic carbocycles. The van der Waals surface area contributed by atoms with Crippen LogP contribution in [0.1, 0.15) is 13.8 Å². The van der Waals surface area contributed by atoms with Gasteiger partial charge in [-0.05, 0) is 13.8 Å². The van der Waals surface area contributed by atoms with Crippen LogP contribution in [0.2, 0.25) is 0 Å². The lowest BCUT2D eigenvalue weighted by molar-refractivity contribution is -0.179. The van der Waals surface area contributed by atoms with Gasteiger partial charge in [0.2, 0.25) is 5.91 Å². The summed E-state index contributed by atoms with van der Waals surface area (Å²) in [6.07, 6.45) is -4.39. The van der Waals surface area contributed by atoms with Crippen LogP contribution in [0.3, 0.4) is 0 Å². The number of nitrogens with one attached hydrogen (secondary N) is 1. The first-order valence-corrected chi connectivity index (χ1v) is 5.38. The Morgan fingerprint density at radius 1 is 1.47 bits per heavy atom. The molecular weight excluding hydrogens is 237 g/mol. The molecule has 0 aromatic rings. The van der Waals surface area contributed by atoms with Crippen molar-refractivity contribution >= 4 is 5.91 Å². The molecule has 1 amide bonds. The molecule has 1 aliphatic heterocycles. The van der Waals surface area contributed by atoms with E-state index in [1.165, 1.54) is 0 Å². The van der Waals surface area contributed by atoms with Crippen LogP contribution in [0.25, 0.3) is 0 Å². The van der Waals surface area contributed by atoms with Crippen molar-refractivity contribution < 1.29 is 22.7 Å². The summed E-state index contributed by atoms with van der Waals surface area (Å²) in [4.78, 5) is 13.3. The molecule has 1 rings (SSSR count). The van der Waals surface area contributed by atoms with Crippen LogP contribution in [0.5, 0.6) is 0 Å². The summed E-state index contributed by atoms with van der Waals surface area (Å²) >= 11 is 0. The zero-order valence-corrected chi connectivity index (χ0v) is 9.93. The normalized spacial score (nSPS) is 20.4. The lowest BCUT2D eigenvalue weighted by Crippen LogP contribution is -2.60. The summed E-state index contributed by atoms with van der Waals surface area (Å²) in [6, 6.07) is 0. The van der Waals surface area contributed by atoms with Gasteiger partial charge < -0.3 is 15.0 Å². The van der Waals surface area contributed by atoms with Crippen molar-refractivity contribution in [3.63, 3.8) is 0 Å². The van der Waals surface area contributed by atoms with Crippen LogP contribution in [0.15, 0.2) is 0 Å². The van der Waals surface area contributed by atoms with E-state index in [4.69, 9.17) is 0 Å². The molecule has 0 aromatic heterocycles. The summed E-state index contributed by atoms with van der Waals surface area (Å²) in [7, 11) is 0. The largest absolute Gasteiger partial charge is 0.411 e. The van der Waals surface area contributed by atoms with E-state index in [9.17, 15) is 18.0 Å². The Labute approximate surface area is 98.1 Å². The number of ether oxygens (including phenoxy) is 1.